The highest BCUT2D eigenvalue weighted by Crippen LogP contribution is 2.28. The van der Waals surface area contributed by atoms with Gasteiger partial charge in [-0.05, 0) is 24.3 Å². The van der Waals surface area contributed by atoms with Gasteiger partial charge in [-0.3, -0.25) is 0 Å². The van der Waals surface area contributed by atoms with E-state index in [4.69, 9.17) is 27.3 Å². The summed E-state index contributed by atoms with van der Waals surface area (Å²) in [5.74, 6) is -0.480. The van der Waals surface area contributed by atoms with Crippen molar-refractivity contribution in [2.45, 2.75) is 0 Å². The van der Waals surface area contributed by atoms with Gasteiger partial charge in [0.05, 0.1) is 11.2 Å². The van der Waals surface area contributed by atoms with Crippen LogP contribution in [0.2, 0.25) is 5.02 Å². The maximum Gasteiger partial charge on any atom is 0.188 e. The molecule has 2 aromatic rings. The molecule has 2 rings (SSSR count). The zero-order chi connectivity index (χ0) is 13.8. The summed E-state index contributed by atoms with van der Waals surface area (Å²) in [5.41, 5.74) is 5.64. The number of ether oxygens (including phenoxy) is 1. The van der Waals surface area contributed by atoms with Gasteiger partial charge in [-0.25, -0.2) is 9.37 Å². The molecule has 0 unspecified atom stereocenters. The SMILES string of the molecule is N/C(=N/O)c1ccc(Oc2cccc(Cl)c2F)cn1. The summed E-state index contributed by atoms with van der Waals surface area (Å²) in [6.45, 7) is 0. The number of amidine groups is 1. The Labute approximate surface area is 113 Å². The van der Waals surface area contributed by atoms with E-state index < -0.39 is 5.82 Å². The monoisotopic (exact) mass is 281 g/mol. The van der Waals surface area contributed by atoms with Crippen LogP contribution in [0.4, 0.5) is 4.39 Å². The van der Waals surface area contributed by atoms with Gasteiger partial charge in [-0.1, -0.05) is 22.8 Å². The van der Waals surface area contributed by atoms with Gasteiger partial charge in [0.15, 0.2) is 17.4 Å². The van der Waals surface area contributed by atoms with Gasteiger partial charge in [0.1, 0.15) is 11.4 Å². The van der Waals surface area contributed by atoms with Gasteiger partial charge < -0.3 is 15.7 Å². The van der Waals surface area contributed by atoms with Crippen LogP contribution in [-0.4, -0.2) is 16.0 Å². The maximum atomic E-state index is 13.6. The molecule has 19 heavy (non-hydrogen) atoms. The fourth-order valence-corrected chi connectivity index (χ4v) is 1.50. The number of aromatic nitrogens is 1. The van der Waals surface area contributed by atoms with E-state index in [0.717, 1.165) is 0 Å². The van der Waals surface area contributed by atoms with Crippen LogP contribution < -0.4 is 10.5 Å². The number of halogens is 2. The summed E-state index contributed by atoms with van der Waals surface area (Å²) < 4.78 is 18.9. The van der Waals surface area contributed by atoms with E-state index >= 15 is 0 Å². The van der Waals surface area contributed by atoms with Crippen LogP contribution in [0.25, 0.3) is 0 Å². The highest BCUT2D eigenvalue weighted by atomic mass is 35.5. The van der Waals surface area contributed by atoms with Crippen molar-refractivity contribution in [1.82, 2.24) is 4.98 Å². The molecule has 98 valence electrons. The summed E-state index contributed by atoms with van der Waals surface area (Å²) >= 11 is 5.63. The average molecular weight is 282 g/mol. The van der Waals surface area contributed by atoms with Crippen molar-refractivity contribution in [2.24, 2.45) is 10.9 Å². The van der Waals surface area contributed by atoms with Crippen LogP contribution in [0.1, 0.15) is 5.69 Å². The molecule has 1 aromatic heterocycles. The number of benzene rings is 1. The van der Waals surface area contributed by atoms with Gasteiger partial charge in [-0.15, -0.1) is 0 Å². The van der Waals surface area contributed by atoms with Crippen LogP contribution in [0.15, 0.2) is 41.7 Å². The second kappa shape index (κ2) is 5.53. The Morgan fingerprint density at radius 2 is 2.16 bits per heavy atom. The van der Waals surface area contributed by atoms with Crippen molar-refractivity contribution >= 4 is 17.4 Å². The Kier molecular flexibility index (Phi) is 3.82. The Hall–Kier alpha value is -2.34. The van der Waals surface area contributed by atoms with Gasteiger partial charge in [0.2, 0.25) is 0 Å². The van der Waals surface area contributed by atoms with Gasteiger partial charge in [-0.2, -0.15) is 0 Å². The minimum Gasteiger partial charge on any atom is -0.453 e. The first kappa shape index (κ1) is 13.1. The first-order chi connectivity index (χ1) is 9.11. The lowest BCUT2D eigenvalue weighted by molar-refractivity contribution is 0.318. The molecule has 0 aliphatic carbocycles. The first-order valence-electron chi connectivity index (χ1n) is 5.17. The topological polar surface area (TPSA) is 80.7 Å². The second-order valence-electron chi connectivity index (χ2n) is 3.52. The van der Waals surface area contributed by atoms with Gasteiger partial charge in [0, 0.05) is 0 Å². The predicted molar refractivity (Wildman–Crippen MR) is 68.2 cm³/mol. The maximum absolute atomic E-state index is 13.6. The van der Waals surface area contributed by atoms with E-state index in [1.807, 2.05) is 0 Å². The number of nitrogens with two attached hydrogens (primary N) is 1. The molecule has 0 saturated carbocycles. The first-order valence-corrected chi connectivity index (χ1v) is 5.55. The average Bonchev–Trinajstić information content (AvgIpc) is 2.44. The highest BCUT2D eigenvalue weighted by molar-refractivity contribution is 6.30. The molecule has 1 heterocycles. The highest BCUT2D eigenvalue weighted by Gasteiger charge is 2.09. The largest absolute Gasteiger partial charge is 0.453 e. The molecule has 1 aromatic carbocycles. The molecule has 7 heteroatoms. The molecule has 0 aliphatic rings. The Morgan fingerprint density at radius 3 is 2.79 bits per heavy atom. The zero-order valence-electron chi connectivity index (χ0n) is 9.55. The number of hydrogen-bond donors (Lipinski definition) is 2. The van der Waals surface area contributed by atoms with Crippen molar-refractivity contribution < 1.29 is 14.3 Å². The van der Waals surface area contributed by atoms with Crippen molar-refractivity contribution in [3.05, 3.63) is 53.1 Å². The Bertz CT molecular complexity index is 617. The minimum atomic E-state index is -0.648. The van der Waals surface area contributed by atoms with Crippen LogP contribution in [0.5, 0.6) is 11.5 Å². The number of hydrogen-bond acceptors (Lipinski definition) is 4. The van der Waals surface area contributed by atoms with Crippen LogP contribution >= 0.6 is 11.6 Å². The van der Waals surface area contributed by atoms with Crippen molar-refractivity contribution in [3.63, 3.8) is 0 Å². The van der Waals surface area contributed by atoms with Crippen molar-refractivity contribution in [2.75, 3.05) is 0 Å². The number of nitrogens with zero attached hydrogens (tertiary/aromatic N) is 2. The molecule has 0 fully saturated rings. The number of oxime groups is 1. The third-order valence-corrected chi connectivity index (χ3v) is 2.54. The molecule has 0 amide bonds. The predicted octanol–water partition coefficient (Wildman–Crippen LogP) is 2.76. The van der Waals surface area contributed by atoms with Crippen LogP contribution in [0.3, 0.4) is 0 Å². The summed E-state index contributed by atoms with van der Waals surface area (Å²) in [6, 6.07) is 7.43. The Morgan fingerprint density at radius 1 is 1.37 bits per heavy atom. The molecule has 0 bridgehead atoms. The molecular formula is C12H9ClFN3O2. The summed E-state index contributed by atoms with van der Waals surface area (Å²) in [6.07, 6.45) is 1.33. The fraction of sp³-hybridized carbons (Fsp3) is 0. The molecule has 3 N–H and O–H groups in total. The molecular weight excluding hydrogens is 273 g/mol. The standard InChI is InChI=1S/C12H9ClFN3O2/c13-8-2-1-3-10(11(8)14)19-7-4-5-9(16-6-7)12(15)17-18/h1-6,18H,(H2,15,17). The summed E-state index contributed by atoms with van der Waals surface area (Å²) in [7, 11) is 0. The van der Waals surface area contributed by atoms with E-state index in [1.165, 1.54) is 30.5 Å². The fourth-order valence-electron chi connectivity index (χ4n) is 1.33. The Balaban J connectivity index is 2.22. The van der Waals surface area contributed by atoms with E-state index in [1.54, 1.807) is 6.07 Å². The second-order valence-corrected chi connectivity index (χ2v) is 3.93. The summed E-state index contributed by atoms with van der Waals surface area (Å²) in [5, 5.41) is 11.3. The number of rotatable bonds is 3. The van der Waals surface area contributed by atoms with E-state index in [2.05, 4.69) is 10.1 Å². The lowest BCUT2D eigenvalue weighted by atomic mass is 10.3. The summed E-state index contributed by atoms with van der Waals surface area (Å²) in [4.78, 5) is 3.90. The van der Waals surface area contributed by atoms with Crippen LogP contribution in [0, 0.1) is 5.82 Å². The van der Waals surface area contributed by atoms with E-state index in [-0.39, 0.29) is 22.3 Å². The van der Waals surface area contributed by atoms with Crippen LogP contribution in [-0.2, 0) is 0 Å². The molecule has 0 aliphatic heterocycles. The van der Waals surface area contributed by atoms with E-state index in [9.17, 15) is 4.39 Å². The smallest absolute Gasteiger partial charge is 0.188 e. The lowest BCUT2D eigenvalue weighted by Gasteiger charge is -2.07. The molecule has 0 radical (unpaired) electrons. The van der Waals surface area contributed by atoms with Crippen molar-refractivity contribution in [3.8, 4) is 11.5 Å². The van der Waals surface area contributed by atoms with E-state index in [0.29, 0.717) is 5.75 Å². The lowest BCUT2D eigenvalue weighted by Crippen LogP contribution is -2.14. The number of pyridine rings is 1. The quantitative estimate of drug-likeness (QED) is 0.392. The zero-order valence-corrected chi connectivity index (χ0v) is 10.3. The minimum absolute atomic E-state index is 0.00847. The molecule has 0 atom stereocenters. The normalized spacial score (nSPS) is 11.4. The molecule has 0 saturated heterocycles. The van der Waals surface area contributed by atoms with Gasteiger partial charge >= 0.3 is 0 Å². The third-order valence-electron chi connectivity index (χ3n) is 2.25. The van der Waals surface area contributed by atoms with Gasteiger partial charge in [0.25, 0.3) is 0 Å². The molecule has 0 spiro atoms. The van der Waals surface area contributed by atoms with Crippen molar-refractivity contribution in [1.29, 1.82) is 0 Å². The molecule has 5 nitrogen and oxygen atoms in total. The third kappa shape index (κ3) is 2.92.